The molecular formula is C25H35N3O2. The number of methoxy groups -OCH3 is 1. The first-order valence-electron chi connectivity index (χ1n) is 11.0. The minimum Gasteiger partial charge on any atom is -0.497 e. The van der Waals surface area contributed by atoms with Gasteiger partial charge in [-0.3, -0.25) is 4.79 Å². The van der Waals surface area contributed by atoms with Crippen molar-refractivity contribution in [1.82, 2.24) is 5.32 Å². The van der Waals surface area contributed by atoms with Gasteiger partial charge in [0.1, 0.15) is 5.75 Å². The van der Waals surface area contributed by atoms with E-state index in [4.69, 9.17) is 4.74 Å². The van der Waals surface area contributed by atoms with E-state index < -0.39 is 0 Å². The van der Waals surface area contributed by atoms with Crippen molar-refractivity contribution in [2.75, 3.05) is 37.0 Å². The van der Waals surface area contributed by atoms with Crippen LogP contribution in [0.4, 0.5) is 11.4 Å². The SMILES string of the molecule is COc1ccc(CC(=O)Nc2ccc(N3CCC(NCCC(C)C)CC3)cc2)cc1. The molecule has 5 nitrogen and oxygen atoms in total. The lowest BCUT2D eigenvalue weighted by Crippen LogP contribution is -2.43. The number of hydrogen-bond donors (Lipinski definition) is 2. The van der Waals surface area contributed by atoms with Crippen molar-refractivity contribution in [2.24, 2.45) is 5.92 Å². The van der Waals surface area contributed by atoms with E-state index in [9.17, 15) is 4.79 Å². The van der Waals surface area contributed by atoms with Crippen LogP contribution in [-0.2, 0) is 11.2 Å². The van der Waals surface area contributed by atoms with Crippen LogP contribution in [0.1, 0.15) is 38.7 Å². The van der Waals surface area contributed by atoms with Crippen LogP contribution in [0, 0.1) is 5.92 Å². The Kier molecular flexibility index (Phi) is 8.14. The standard InChI is InChI=1S/C25H35N3O2/c1-19(2)12-15-26-21-13-16-28(17-14-21)23-8-6-22(7-9-23)27-25(29)18-20-4-10-24(30-3)11-5-20/h4-11,19,21,26H,12-18H2,1-3H3,(H,27,29). The number of anilines is 2. The molecule has 0 unspecified atom stereocenters. The van der Waals surface area contributed by atoms with Crippen LogP contribution < -0.4 is 20.3 Å². The van der Waals surface area contributed by atoms with E-state index in [-0.39, 0.29) is 5.91 Å². The second-order valence-electron chi connectivity index (χ2n) is 8.52. The molecule has 5 heteroatoms. The summed E-state index contributed by atoms with van der Waals surface area (Å²) in [4.78, 5) is 14.8. The number of carbonyl (C=O) groups is 1. The average molecular weight is 410 g/mol. The summed E-state index contributed by atoms with van der Waals surface area (Å²) in [7, 11) is 1.64. The Morgan fingerprint density at radius 1 is 1.07 bits per heavy atom. The zero-order valence-electron chi connectivity index (χ0n) is 18.5. The van der Waals surface area contributed by atoms with Crippen molar-refractivity contribution < 1.29 is 9.53 Å². The summed E-state index contributed by atoms with van der Waals surface area (Å²) in [5.41, 5.74) is 3.03. The molecule has 0 spiro atoms. The maximum absolute atomic E-state index is 12.3. The zero-order valence-corrected chi connectivity index (χ0v) is 18.5. The van der Waals surface area contributed by atoms with Crippen molar-refractivity contribution in [3.63, 3.8) is 0 Å². The fourth-order valence-electron chi connectivity index (χ4n) is 3.81. The normalized spacial score (nSPS) is 14.7. The molecule has 162 valence electrons. The molecule has 2 aromatic rings. The summed E-state index contributed by atoms with van der Waals surface area (Å²) in [6, 6.07) is 16.4. The van der Waals surface area contributed by atoms with Crippen LogP contribution in [0.2, 0.25) is 0 Å². The molecule has 1 fully saturated rings. The van der Waals surface area contributed by atoms with Crippen LogP contribution in [0.25, 0.3) is 0 Å². The fraction of sp³-hybridized carbons (Fsp3) is 0.480. The number of ether oxygens (including phenoxy) is 1. The Hall–Kier alpha value is -2.53. The molecule has 0 bridgehead atoms. The molecular weight excluding hydrogens is 374 g/mol. The molecule has 0 saturated carbocycles. The highest BCUT2D eigenvalue weighted by Gasteiger charge is 2.19. The smallest absolute Gasteiger partial charge is 0.228 e. The van der Waals surface area contributed by atoms with Crippen molar-refractivity contribution in [2.45, 2.75) is 45.6 Å². The molecule has 0 aliphatic carbocycles. The number of rotatable bonds is 9. The minimum atomic E-state index is -0.0128. The first-order chi connectivity index (χ1) is 14.5. The van der Waals surface area contributed by atoms with Gasteiger partial charge in [0.25, 0.3) is 0 Å². The Morgan fingerprint density at radius 2 is 1.73 bits per heavy atom. The van der Waals surface area contributed by atoms with Crippen molar-refractivity contribution in [3.8, 4) is 5.75 Å². The Balaban J connectivity index is 1.44. The van der Waals surface area contributed by atoms with E-state index in [1.807, 2.05) is 36.4 Å². The third-order valence-corrected chi connectivity index (χ3v) is 5.69. The number of benzene rings is 2. The lowest BCUT2D eigenvalue weighted by molar-refractivity contribution is -0.115. The lowest BCUT2D eigenvalue weighted by Gasteiger charge is -2.34. The van der Waals surface area contributed by atoms with Crippen LogP contribution >= 0.6 is 0 Å². The van der Waals surface area contributed by atoms with Gasteiger partial charge in [-0.1, -0.05) is 26.0 Å². The van der Waals surface area contributed by atoms with Crippen LogP contribution in [0.3, 0.4) is 0 Å². The van der Waals surface area contributed by atoms with Crippen molar-refractivity contribution in [1.29, 1.82) is 0 Å². The predicted molar refractivity (Wildman–Crippen MR) is 124 cm³/mol. The number of nitrogens with one attached hydrogen (secondary N) is 2. The van der Waals surface area contributed by atoms with Gasteiger partial charge in [-0.15, -0.1) is 0 Å². The molecule has 0 radical (unpaired) electrons. The monoisotopic (exact) mass is 409 g/mol. The molecule has 1 aliphatic rings. The zero-order chi connectivity index (χ0) is 21.3. The Labute approximate surface area is 180 Å². The van der Waals surface area contributed by atoms with Gasteiger partial charge in [0, 0.05) is 30.5 Å². The van der Waals surface area contributed by atoms with Crippen LogP contribution in [-0.4, -0.2) is 38.7 Å². The molecule has 1 amide bonds. The summed E-state index contributed by atoms with van der Waals surface area (Å²) in [6.07, 6.45) is 3.95. The molecule has 1 heterocycles. The maximum Gasteiger partial charge on any atom is 0.228 e. The van der Waals surface area contributed by atoms with Gasteiger partial charge in [-0.2, -0.15) is 0 Å². The summed E-state index contributed by atoms with van der Waals surface area (Å²) in [5.74, 6) is 1.54. The van der Waals surface area contributed by atoms with Gasteiger partial charge >= 0.3 is 0 Å². The Morgan fingerprint density at radius 3 is 2.33 bits per heavy atom. The number of piperidine rings is 1. The molecule has 0 aromatic heterocycles. The highest BCUT2D eigenvalue weighted by atomic mass is 16.5. The first kappa shape index (κ1) is 22.2. The van der Waals surface area contributed by atoms with Gasteiger partial charge < -0.3 is 20.3 Å². The number of nitrogens with zero attached hydrogens (tertiary/aromatic N) is 1. The fourth-order valence-corrected chi connectivity index (χ4v) is 3.81. The Bertz CT molecular complexity index is 779. The molecule has 2 aromatic carbocycles. The molecule has 1 saturated heterocycles. The topological polar surface area (TPSA) is 53.6 Å². The van der Waals surface area contributed by atoms with Gasteiger partial charge in [0.05, 0.1) is 13.5 Å². The van der Waals surface area contributed by atoms with Crippen molar-refractivity contribution in [3.05, 3.63) is 54.1 Å². The highest BCUT2D eigenvalue weighted by Crippen LogP contribution is 2.22. The summed E-state index contributed by atoms with van der Waals surface area (Å²) in [6.45, 7) is 7.81. The minimum absolute atomic E-state index is 0.0128. The van der Waals surface area contributed by atoms with E-state index in [0.717, 1.165) is 42.6 Å². The van der Waals surface area contributed by atoms with Gasteiger partial charge in [0.15, 0.2) is 0 Å². The quantitative estimate of drug-likeness (QED) is 0.641. The van der Waals surface area contributed by atoms with E-state index in [1.54, 1.807) is 7.11 Å². The lowest BCUT2D eigenvalue weighted by atomic mass is 10.0. The molecule has 1 aliphatic heterocycles. The molecule has 30 heavy (non-hydrogen) atoms. The largest absolute Gasteiger partial charge is 0.497 e. The maximum atomic E-state index is 12.3. The predicted octanol–water partition coefficient (Wildman–Crippen LogP) is 4.48. The number of carbonyl (C=O) groups excluding carboxylic acids is 1. The third-order valence-electron chi connectivity index (χ3n) is 5.69. The second-order valence-corrected chi connectivity index (χ2v) is 8.52. The van der Waals surface area contributed by atoms with Crippen LogP contribution in [0.15, 0.2) is 48.5 Å². The van der Waals surface area contributed by atoms with E-state index in [2.05, 4.69) is 41.5 Å². The van der Waals surface area contributed by atoms with E-state index >= 15 is 0 Å². The average Bonchev–Trinajstić information content (AvgIpc) is 2.75. The third kappa shape index (κ3) is 6.77. The highest BCUT2D eigenvalue weighted by molar-refractivity contribution is 5.92. The number of hydrogen-bond acceptors (Lipinski definition) is 4. The number of amides is 1. The van der Waals surface area contributed by atoms with Gasteiger partial charge in [-0.25, -0.2) is 0 Å². The molecule has 3 rings (SSSR count). The first-order valence-corrected chi connectivity index (χ1v) is 11.0. The molecule has 2 N–H and O–H groups in total. The van der Waals surface area contributed by atoms with Crippen molar-refractivity contribution >= 4 is 17.3 Å². The van der Waals surface area contributed by atoms with E-state index in [1.165, 1.54) is 24.9 Å². The van der Waals surface area contributed by atoms with Gasteiger partial charge in [-0.05, 0) is 73.7 Å². The van der Waals surface area contributed by atoms with Crippen LogP contribution in [0.5, 0.6) is 5.75 Å². The summed E-state index contributed by atoms with van der Waals surface area (Å²) < 4.78 is 5.15. The van der Waals surface area contributed by atoms with Gasteiger partial charge in [0.2, 0.25) is 5.91 Å². The second kappa shape index (κ2) is 11.0. The molecule has 0 atom stereocenters. The summed E-state index contributed by atoms with van der Waals surface area (Å²) in [5, 5.41) is 6.69. The summed E-state index contributed by atoms with van der Waals surface area (Å²) >= 11 is 0. The van der Waals surface area contributed by atoms with E-state index in [0.29, 0.717) is 12.5 Å².